The van der Waals surface area contributed by atoms with Crippen LogP contribution in [-0.4, -0.2) is 65.8 Å². The van der Waals surface area contributed by atoms with Crippen molar-refractivity contribution in [2.75, 3.05) is 50.1 Å². The van der Waals surface area contributed by atoms with E-state index >= 15 is 0 Å². The summed E-state index contributed by atoms with van der Waals surface area (Å²) >= 11 is 6.07. The van der Waals surface area contributed by atoms with Crippen LogP contribution in [-0.2, 0) is 0 Å². The minimum atomic E-state index is 0.127. The summed E-state index contributed by atoms with van der Waals surface area (Å²) in [4.78, 5) is 13.6. The van der Waals surface area contributed by atoms with Crippen molar-refractivity contribution in [1.82, 2.24) is 14.9 Å². The van der Waals surface area contributed by atoms with Gasteiger partial charge in [0.05, 0.1) is 17.6 Å². The maximum absolute atomic E-state index is 9.13. The molecule has 1 aliphatic heterocycles. The molecule has 0 aromatic carbocycles. The number of pyridine rings is 2. The molecule has 140 valence electrons. The first-order valence-electron chi connectivity index (χ1n) is 8.99. The van der Waals surface area contributed by atoms with E-state index < -0.39 is 0 Å². The number of likely N-dealkylation sites (N-methyl/N-ethyl adjacent to an activating group) is 1. The zero-order valence-corrected chi connectivity index (χ0v) is 16.1. The molecule has 0 aliphatic carbocycles. The average Bonchev–Trinajstić information content (AvgIpc) is 2.63. The van der Waals surface area contributed by atoms with E-state index in [0.29, 0.717) is 11.6 Å². The van der Waals surface area contributed by atoms with Gasteiger partial charge in [-0.1, -0.05) is 11.6 Å². The number of nitrogens with zero attached hydrogens (tertiary/aromatic N) is 4. The molecule has 0 spiro atoms. The van der Waals surface area contributed by atoms with E-state index in [1.165, 1.54) is 0 Å². The molecular formula is C19H26ClN5O. The Balaban J connectivity index is 1.80. The van der Waals surface area contributed by atoms with Gasteiger partial charge < -0.3 is 20.2 Å². The SMILES string of the molecule is C[C@@H](CCO)Nc1cc(Cl)ncc1-c1ccc(N2CCN(C)CC2)cn1. The van der Waals surface area contributed by atoms with Crippen molar-refractivity contribution >= 4 is 23.0 Å². The number of hydrogen-bond donors (Lipinski definition) is 2. The summed E-state index contributed by atoms with van der Waals surface area (Å²) in [6, 6.07) is 6.08. The first-order valence-corrected chi connectivity index (χ1v) is 9.37. The third kappa shape index (κ3) is 4.63. The summed E-state index contributed by atoms with van der Waals surface area (Å²) in [6.45, 7) is 6.34. The van der Waals surface area contributed by atoms with Crippen LogP contribution in [0.2, 0.25) is 5.15 Å². The zero-order valence-electron chi connectivity index (χ0n) is 15.3. The maximum Gasteiger partial charge on any atom is 0.131 e. The molecule has 1 saturated heterocycles. The van der Waals surface area contributed by atoms with Crippen molar-refractivity contribution in [2.24, 2.45) is 0 Å². The van der Waals surface area contributed by atoms with Gasteiger partial charge in [0.15, 0.2) is 0 Å². The van der Waals surface area contributed by atoms with Gasteiger partial charge >= 0.3 is 0 Å². The number of piperazine rings is 1. The lowest BCUT2D eigenvalue weighted by Gasteiger charge is -2.33. The molecule has 3 rings (SSSR count). The molecule has 0 bridgehead atoms. The Labute approximate surface area is 159 Å². The number of anilines is 2. The summed E-state index contributed by atoms with van der Waals surface area (Å²) in [5, 5.41) is 13.0. The van der Waals surface area contributed by atoms with Crippen LogP contribution in [0.5, 0.6) is 0 Å². The number of aromatic nitrogens is 2. The monoisotopic (exact) mass is 375 g/mol. The van der Waals surface area contributed by atoms with Gasteiger partial charge in [-0.15, -0.1) is 0 Å². The van der Waals surface area contributed by atoms with Crippen molar-refractivity contribution in [3.63, 3.8) is 0 Å². The fourth-order valence-electron chi connectivity index (χ4n) is 3.08. The number of rotatable bonds is 6. The highest BCUT2D eigenvalue weighted by molar-refractivity contribution is 6.29. The molecule has 2 N–H and O–H groups in total. The lowest BCUT2D eigenvalue weighted by Crippen LogP contribution is -2.44. The summed E-state index contributed by atoms with van der Waals surface area (Å²) in [5.74, 6) is 0. The summed E-state index contributed by atoms with van der Waals surface area (Å²) in [5.41, 5.74) is 3.78. The highest BCUT2D eigenvalue weighted by Crippen LogP contribution is 2.30. The molecule has 3 heterocycles. The molecule has 0 saturated carbocycles. The summed E-state index contributed by atoms with van der Waals surface area (Å²) < 4.78 is 0. The Morgan fingerprint density at radius 2 is 1.96 bits per heavy atom. The van der Waals surface area contributed by atoms with Crippen LogP contribution in [0.25, 0.3) is 11.3 Å². The lowest BCUT2D eigenvalue weighted by atomic mass is 10.1. The van der Waals surface area contributed by atoms with Crippen molar-refractivity contribution < 1.29 is 5.11 Å². The topological polar surface area (TPSA) is 64.5 Å². The van der Waals surface area contributed by atoms with E-state index in [1.54, 1.807) is 12.3 Å². The molecule has 1 fully saturated rings. The lowest BCUT2D eigenvalue weighted by molar-refractivity contribution is 0.282. The Bertz CT molecular complexity index is 716. The molecule has 2 aromatic heterocycles. The second-order valence-electron chi connectivity index (χ2n) is 6.80. The van der Waals surface area contributed by atoms with Gasteiger partial charge in [-0.25, -0.2) is 4.98 Å². The van der Waals surface area contributed by atoms with Gasteiger partial charge in [0.2, 0.25) is 0 Å². The summed E-state index contributed by atoms with van der Waals surface area (Å²) in [6.07, 6.45) is 4.33. The van der Waals surface area contributed by atoms with Crippen LogP contribution in [0, 0.1) is 0 Å². The molecule has 0 unspecified atom stereocenters. The molecular weight excluding hydrogens is 350 g/mol. The standard InChI is InChI=1S/C19H26ClN5O/c1-14(5-10-26)23-18-11-19(20)22-13-16(18)17-4-3-15(12-21-17)25-8-6-24(2)7-9-25/h3-4,11-14,26H,5-10H2,1-2H3,(H,22,23)/t14-/m0/s1. The highest BCUT2D eigenvalue weighted by Gasteiger charge is 2.16. The quantitative estimate of drug-likeness (QED) is 0.757. The molecule has 7 heteroatoms. The van der Waals surface area contributed by atoms with E-state index in [1.807, 2.05) is 19.2 Å². The molecule has 26 heavy (non-hydrogen) atoms. The predicted octanol–water partition coefficient (Wildman–Crippen LogP) is 2.73. The molecule has 6 nitrogen and oxygen atoms in total. The van der Waals surface area contributed by atoms with E-state index in [4.69, 9.17) is 16.7 Å². The Hall–Kier alpha value is -1.89. The van der Waals surface area contributed by atoms with Gasteiger partial charge in [0.25, 0.3) is 0 Å². The van der Waals surface area contributed by atoms with Crippen LogP contribution < -0.4 is 10.2 Å². The van der Waals surface area contributed by atoms with E-state index in [0.717, 1.165) is 48.8 Å². The molecule has 0 radical (unpaired) electrons. The van der Waals surface area contributed by atoms with E-state index in [2.05, 4.69) is 38.2 Å². The van der Waals surface area contributed by atoms with Crippen molar-refractivity contribution in [1.29, 1.82) is 0 Å². The number of aliphatic hydroxyl groups is 1. The predicted molar refractivity (Wildman–Crippen MR) is 107 cm³/mol. The minimum absolute atomic E-state index is 0.127. The normalized spacial score (nSPS) is 16.5. The smallest absolute Gasteiger partial charge is 0.131 e. The second kappa shape index (κ2) is 8.66. The average molecular weight is 376 g/mol. The van der Waals surface area contributed by atoms with Crippen LogP contribution in [0.15, 0.2) is 30.6 Å². The first kappa shape index (κ1) is 18.9. The van der Waals surface area contributed by atoms with Crippen LogP contribution in [0.1, 0.15) is 13.3 Å². The minimum Gasteiger partial charge on any atom is -0.396 e. The molecule has 1 atom stereocenters. The third-order valence-corrected chi connectivity index (χ3v) is 4.93. The van der Waals surface area contributed by atoms with Gasteiger partial charge in [0.1, 0.15) is 5.15 Å². The first-order chi connectivity index (χ1) is 12.6. The van der Waals surface area contributed by atoms with Crippen LogP contribution >= 0.6 is 11.6 Å². The number of aliphatic hydroxyl groups excluding tert-OH is 1. The van der Waals surface area contributed by atoms with E-state index in [9.17, 15) is 0 Å². The van der Waals surface area contributed by atoms with Gasteiger partial charge in [-0.2, -0.15) is 0 Å². The second-order valence-corrected chi connectivity index (χ2v) is 7.19. The Kier molecular flexibility index (Phi) is 6.29. The number of nitrogens with one attached hydrogen (secondary N) is 1. The van der Waals surface area contributed by atoms with Gasteiger partial charge in [-0.3, -0.25) is 4.98 Å². The van der Waals surface area contributed by atoms with Crippen molar-refractivity contribution in [3.05, 3.63) is 35.7 Å². The molecule has 2 aromatic rings. The van der Waals surface area contributed by atoms with Gasteiger partial charge in [0, 0.05) is 56.3 Å². The Morgan fingerprint density at radius 3 is 2.62 bits per heavy atom. The molecule has 0 amide bonds. The number of hydrogen-bond acceptors (Lipinski definition) is 6. The van der Waals surface area contributed by atoms with Crippen molar-refractivity contribution in [2.45, 2.75) is 19.4 Å². The zero-order chi connectivity index (χ0) is 18.5. The molecule has 1 aliphatic rings. The fourth-order valence-corrected chi connectivity index (χ4v) is 3.24. The largest absolute Gasteiger partial charge is 0.396 e. The maximum atomic E-state index is 9.13. The summed E-state index contributed by atoms with van der Waals surface area (Å²) in [7, 11) is 2.15. The third-order valence-electron chi connectivity index (χ3n) is 4.73. The Morgan fingerprint density at radius 1 is 1.19 bits per heavy atom. The van der Waals surface area contributed by atoms with Crippen molar-refractivity contribution in [3.8, 4) is 11.3 Å². The highest BCUT2D eigenvalue weighted by atomic mass is 35.5. The fraction of sp³-hybridized carbons (Fsp3) is 0.474. The van der Waals surface area contributed by atoms with Crippen LogP contribution in [0.4, 0.5) is 11.4 Å². The van der Waals surface area contributed by atoms with Gasteiger partial charge in [-0.05, 0) is 38.6 Å². The number of halogens is 1. The van der Waals surface area contributed by atoms with Crippen LogP contribution in [0.3, 0.4) is 0 Å². The van der Waals surface area contributed by atoms with E-state index in [-0.39, 0.29) is 12.6 Å².